The highest BCUT2D eigenvalue weighted by Gasteiger charge is 2.28. The van der Waals surface area contributed by atoms with Crippen LogP contribution in [-0.2, 0) is 0 Å². The largest absolute Gasteiger partial charge is 0.466 e. The maximum atomic E-state index is 5.53. The van der Waals surface area contributed by atoms with Gasteiger partial charge in [0.25, 0.3) is 0 Å². The SMILES string of the molecule is Cc1ccc(N2CCS[C@H]2c2ccco2)cc1. The average molecular weight is 245 g/mol. The number of rotatable bonds is 2. The Bertz CT molecular complexity index is 477. The van der Waals surface area contributed by atoms with E-state index in [-0.39, 0.29) is 0 Å². The van der Waals surface area contributed by atoms with Crippen molar-refractivity contribution in [3.63, 3.8) is 0 Å². The molecule has 1 aromatic heterocycles. The molecule has 2 aromatic rings. The molecule has 1 atom stereocenters. The lowest BCUT2D eigenvalue weighted by Crippen LogP contribution is -2.21. The van der Waals surface area contributed by atoms with Crippen LogP contribution in [0, 0.1) is 6.92 Å². The highest BCUT2D eigenvalue weighted by molar-refractivity contribution is 7.99. The maximum Gasteiger partial charge on any atom is 0.136 e. The molecule has 0 aliphatic carbocycles. The Balaban J connectivity index is 1.89. The first-order valence-electron chi connectivity index (χ1n) is 5.83. The van der Waals surface area contributed by atoms with E-state index < -0.39 is 0 Å². The summed E-state index contributed by atoms with van der Waals surface area (Å²) in [5, 5.41) is 0.327. The zero-order chi connectivity index (χ0) is 11.7. The number of benzene rings is 1. The van der Waals surface area contributed by atoms with Gasteiger partial charge in [-0.15, -0.1) is 11.8 Å². The van der Waals surface area contributed by atoms with Crippen LogP contribution in [0.5, 0.6) is 0 Å². The summed E-state index contributed by atoms with van der Waals surface area (Å²) >= 11 is 1.94. The lowest BCUT2D eigenvalue weighted by molar-refractivity contribution is 0.503. The fraction of sp³-hybridized carbons (Fsp3) is 0.286. The molecule has 0 unspecified atom stereocenters. The van der Waals surface area contributed by atoms with Crippen LogP contribution in [0.3, 0.4) is 0 Å². The van der Waals surface area contributed by atoms with Gasteiger partial charge in [-0.2, -0.15) is 0 Å². The first-order chi connectivity index (χ1) is 8.34. The van der Waals surface area contributed by atoms with E-state index in [1.54, 1.807) is 6.26 Å². The molecule has 0 saturated carbocycles. The summed E-state index contributed by atoms with van der Waals surface area (Å²) in [6, 6.07) is 12.7. The van der Waals surface area contributed by atoms with Crippen LogP contribution in [0.4, 0.5) is 5.69 Å². The van der Waals surface area contributed by atoms with Gasteiger partial charge in [0.1, 0.15) is 11.1 Å². The minimum absolute atomic E-state index is 0.327. The second-order valence-corrected chi connectivity index (χ2v) is 5.46. The van der Waals surface area contributed by atoms with Crippen molar-refractivity contribution >= 4 is 17.4 Å². The van der Waals surface area contributed by atoms with E-state index in [9.17, 15) is 0 Å². The summed E-state index contributed by atoms with van der Waals surface area (Å²) in [5.74, 6) is 2.20. The van der Waals surface area contributed by atoms with E-state index in [1.165, 1.54) is 11.3 Å². The van der Waals surface area contributed by atoms with Gasteiger partial charge < -0.3 is 9.32 Å². The van der Waals surface area contributed by atoms with Crippen molar-refractivity contribution in [2.45, 2.75) is 12.3 Å². The van der Waals surface area contributed by atoms with E-state index in [0.717, 1.165) is 18.1 Å². The monoisotopic (exact) mass is 245 g/mol. The Kier molecular flexibility index (Phi) is 2.85. The van der Waals surface area contributed by atoms with Crippen LogP contribution in [0.1, 0.15) is 16.7 Å². The number of furan rings is 1. The Labute approximate surface area is 106 Å². The molecule has 3 rings (SSSR count). The normalized spacial score (nSPS) is 19.8. The molecule has 0 N–H and O–H groups in total. The minimum Gasteiger partial charge on any atom is -0.466 e. The average Bonchev–Trinajstić information content (AvgIpc) is 3.00. The molecule has 0 spiro atoms. The number of anilines is 1. The zero-order valence-corrected chi connectivity index (χ0v) is 10.6. The quantitative estimate of drug-likeness (QED) is 0.800. The molecular weight excluding hydrogens is 230 g/mol. The van der Waals surface area contributed by atoms with E-state index in [2.05, 4.69) is 42.2 Å². The van der Waals surface area contributed by atoms with Gasteiger partial charge in [0.15, 0.2) is 0 Å². The van der Waals surface area contributed by atoms with Crippen LogP contribution in [0.2, 0.25) is 0 Å². The minimum atomic E-state index is 0.327. The second kappa shape index (κ2) is 4.49. The van der Waals surface area contributed by atoms with E-state index in [0.29, 0.717) is 5.37 Å². The molecule has 0 radical (unpaired) electrons. The number of hydrogen-bond acceptors (Lipinski definition) is 3. The summed E-state index contributed by atoms with van der Waals surface area (Å²) in [5.41, 5.74) is 2.58. The van der Waals surface area contributed by atoms with Crippen LogP contribution in [0.15, 0.2) is 47.1 Å². The lowest BCUT2D eigenvalue weighted by atomic mass is 10.2. The maximum absolute atomic E-state index is 5.53. The first kappa shape index (κ1) is 10.8. The highest BCUT2D eigenvalue weighted by atomic mass is 32.2. The fourth-order valence-corrected chi connectivity index (χ4v) is 3.37. The predicted molar refractivity (Wildman–Crippen MR) is 72.4 cm³/mol. The van der Waals surface area contributed by atoms with Crippen molar-refractivity contribution in [3.8, 4) is 0 Å². The lowest BCUT2D eigenvalue weighted by Gasteiger charge is -2.24. The van der Waals surface area contributed by atoms with Crippen molar-refractivity contribution in [1.29, 1.82) is 0 Å². The second-order valence-electron chi connectivity index (χ2n) is 4.27. The fourth-order valence-electron chi connectivity index (χ4n) is 2.14. The highest BCUT2D eigenvalue weighted by Crippen LogP contribution is 2.40. The van der Waals surface area contributed by atoms with Gasteiger partial charge in [-0.25, -0.2) is 0 Å². The third kappa shape index (κ3) is 2.07. The molecule has 1 aliphatic rings. The van der Waals surface area contributed by atoms with Gasteiger partial charge in [0.05, 0.1) is 6.26 Å². The number of nitrogens with zero attached hydrogens (tertiary/aromatic N) is 1. The van der Waals surface area contributed by atoms with Gasteiger partial charge in [-0.05, 0) is 31.2 Å². The Morgan fingerprint density at radius 1 is 1.24 bits per heavy atom. The molecule has 17 heavy (non-hydrogen) atoms. The van der Waals surface area contributed by atoms with Gasteiger partial charge in [0.2, 0.25) is 0 Å². The Morgan fingerprint density at radius 3 is 2.76 bits per heavy atom. The number of aryl methyl sites for hydroxylation is 1. The Hall–Kier alpha value is -1.35. The van der Waals surface area contributed by atoms with Crippen molar-refractivity contribution in [2.24, 2.45) is 0 Å². The van der Waals surface area contributed by atoms with E-state index in [1.807, 2.05) is 17.8 Å². The summed E-state index contributed by atoms with van der Waals surface area (Å²) < 4.78 is 5.53. The Morgan fingerprint density at radius 2 is 2.06 bits per heavy atom. The van der Waals surface area contributed by atoms with Crippen molar-refractivity contribution in [3.05, 3.63) is 54.0 Å². The molecular formula is C14H15NOS. The van der Waals surface area contributed by atoms with Gasteiger partial charge in [0, 0.05) is 18.0 Å². The summed E-state index contributed by atoms with van der Waals surface area (Å²) in [6.07, 6.45) is 1.75. The predicted octanol–water partition coefficient (Wildman–Crippen LogP) is 3.84. The van der Waals surface area contributed by atoms with Crippen molar-refractivity contribution in [1.82, 2.24) is 0 Å². The van der Waals surface area contributed by atoms with Crippen LogP contribution >= 0.6 is 11.8 Å². The summed E-state index contributed by atoms with van der Waals surface area (Å²) in [7, 11) is 0. The van der Waals surface area contributed by atoms with Crippen molar-refractivity contribution in [2.75, 3.05) is 17.2 Å². The molecule has 2 heterocycles. The molecule has 1 aromatic carbocycles. The molecule has 3 heteroatoms. The molecule has 1 aliphatic heterocycles. The summed E-state index contributed by atoms with van der Waals surface area (Å²) in [4.78, 5) is 2.41. The third-order valence-electron chi connectivity index (χ3n) is 3.04. The number of hydrogen-bond donors (Lipinski definition) is 0. The van der Waals surface area contributed by atoms with E-state index in [4.69, 9.17) is 4.42 Å². The smallest absolute Gasteiger partial charge is 0.136 e. The van der Waals surface area contributed by atoms with Crippen LogP contribution in [-0.4, -0.2) is 12.3 Å². The summed E-state index contributed by atoms with van der Waals surface area (Å²) in [6.45, 7) is 3.20. The third-order valence-corrected chi connectivity index (χ3v) is 4.26. The molecule has 2 nitrogen and oxygen atoms in total. The van der Waals surface area contributed by atoms with Gasteiger partial charge in [-0.1, -0.05) is 17.7 Å². The first-order valence-corrected chi connectivity index (χ1v) is 6.88. The zero-order valence-electron chi connectivity index (χ0n) is 9.80. The van der Waals surface area contributed by atoms with Crippen molar-refractivity contribution < 1.29 is 4.42 Å². The standard InChI is InChI=1S/C14H15NOS/c1-11-4-6-12(7-5-11)15-8-10-17-14(15)13-3-2-9-16-13/h2-7,9,14H,8,10H2,1H3/t14-/m0/s1. The molecule has 0 amide bonds. The van der Waals surface area contributed by atoms with Crippen LogP contribution in [0.25, 0.3) is 0 Å². The van der Waals surface area contributed by atoms with E-state index >= 15 is 0 Å². The number of thioether (sulfide) groups is 1. The van der Waals surface area contributed by atoms with Crippen LogP contribution < -0.4 is 4.90 Å². The van der Waals surface area contributed by atoms with Gasteiger partial charge >= 0.3 is 0 Å². The molecule has 1 fully saturated rings. The molecule has 88 valence electrons. The molecule has 0 bridgehead atoms. The van der Waals surface area contributed by atoms with Gasteiger partial charge in [-0.3, -0.25) is 0 Å². The topological polar surface area (TPSA) is 16.4 Å². The molecule has 1 saturated heterocycles.